The van der Waals surface area contributed by atoms with E-state index >= 15 is 0 Å². The van der Waals surface area contributed by atoms with E-state index in [1.807, 2.05) is 30.3 Å². The normalized spacial score (nSPS) is 20.1. The minimum absolute atomic E-state index is 0.512. The molecule has 0 radical (unpaired) electrons. The molecular weight excluding hydrogens is 563 g/mol. The molecule has 42 heavy (non-hydrogen) atoms. The molecule has 6 heteroatoms. The molecule has 1 saturated heterocycles. The van der Waals surface area contributed by atoms with Gasteiger partial charge in [0.05, 0.1) is 12.1 Å². The zero-order valence-corrected chi connectivity index (χ0v) is 25.4. The van der Waals surface area contributed by atoms with E-state index in [0.29, 0.717) is 22.7 Å². The van der Waals surface area contributed by atoms with Crippen LogP contribution >= 0.6 is 23.2 Å². The van der Waals surface area contributed by atoms with E-state index in [4.69, 9.17) is 32.7 Å². The monoisotopic (exact) mass is 600 g/mol. The molecule has 4 nitrogen and oxygen atoms in total. The maximum absolute atomic E-state index is 6.91. The van der Waals surface area contributed by atoms with Crippen molar-refractivity contribution < 1.29 is 9.47 Å². The third-order valence-corrected chi connectivity index (χ3v) is 9.08. The van der Waals surface area contributed by atoms with Crippen LogP contribution < -0.4 is 20.1 Å². The van der Waals surface area contributed by atoms with Crippen LogP contribution in [-0.4, -0.2) is 25.7 Å². The zero-order chi connectivity index (χ0) is 28.8. The fourth-order valence-corrected chi connectivity index (χ4v) is 6.93. The lowest BCUT2D eigenvalue weighted by molar-refractivity contribution is 0.268. The highest BCUT2D eigenvalue weighted by Gasteiger charge is 2.40. The van der Waals surface area contributed by atoms with Gasteiger partial charge in [0.15, 0.2) is 0 Å². The van der Waals surface area contributed by atoms with E-state index in [1.165, 1.54) is 36.0 Å². The van der Waals surface area contributed by atoms with Gasteiger partial charge in [0.1, 0.15) is 18.1 Å². The Labute approximate surface area is 259 Å². The van der Waals surface area contributed by atoms with Gasteiger partial charge in [-0.25, -0.2) is 0 Å². The number of hydrogen-bond acceptors (Lipinski definition) is 4. The Morgan fingerprint density at radius 2 is 1.57 bits per heavy atom. The molecule has 0 aliphatic carbocycles. The molecule has 2 unspecified atom stereocenters. The van der Waals surface area contributed by atoms with Crippen molar-refractivity contribution in [1.29, 1.82) is 0 Å². The van der Waals surface area contributed by atoms with E-state index < -0.39 is 5.54 Å². The van der Waals surface area contributed by atoms with Crippen LogP contribution in [0.25, 0.3) is 0 Å². The Kier molecular flexibility index (Phi) is 9.36. The fraction of sp³-hybridized carbons (Fsp3) is 0.333. The van der Waals surface area contributed by atoms with Gasteiger partial charge in [-0.05, 0) is 103 Å². The summed E-state index contributed by atoms with van der Waals surface area (Å²) < 4.78 is 12.3. The molecule has 4 aromatic carbocycles. The third kappa shape index (κ3) is 6.79. The first kappa shape index (κ1) is 29.1. The van der Waals surface area contributed by atoms with Crippen molar-refractivity contribution in [1.82, 2.24) is 10.6 Å². The molecule has 2 heterocycles. The Morgan fingerprint density at radius 3 is 2.36 bits per heavy atom. The Hall–Kier alpha value is -3.02. The van der Waals surface area contributed by atoms with Gasteiger partial charge in [-0.15, -0.1) is 0 Å². The summed E-state index contributed by atoms with van der Waals surface area (Å²) in [6.45, 7) is 3.21. The van der Waals surface area contributed by atoms with Gasteiger partial charge in [0.2, 0.25) is 0 Å². The first-order valence-electron chi connectivity index (χ1n) is 15.0. The standard InChI is InChI=1S/C36H38Cl2N2O2/c37-29-11-15-34(35(38)23-29)36(24-26-9-12-31(13-10-26)41-21-18-30-8-4-5-19-39-30)33-16-14-32(22-28(33)17-20-40-36)42-25-27-6-2-1-3-7-27/h1-3,6-7,9-16,22-23,30,39-40H,4-5,8,17-21,24-25H2. The first-order valence-corrected chi connectivity index (χ1v) is 15.8. The average molecular weight is 602 g/mol. The molecule has 218 valence electrons. The number of piperidine rings is 1. The van der Waals surface area contributed by atoms with Crippen molar-refractivity contribution >= 4 is 23.2 Å². The summed E-state index contributed by atoms with van der Waals surface area (Å²) in [6.07, 6.45) is 6.52. The predicted molar refractivity (Wildman–Crippen MR) is 172 cm³/mol. The summed E-state index contributed by atoms with van der Waals surface area (Å²) in [5.41, 5.74) is 5.34. The van der Waals surface area contributed by atoms with Crippen LogP contribution in [0.3, 0.4) is 0 Å². The summed E-state index contributed by atoms with van der Waals surface area (Å²) in [6, 6.07) is 31.6. The number of halogens is 2. The highest BCUT2D eigenvalue weighted by Crippen LogP contribution is 2.42. The van der Waals surface area contributed by atoms with Gasteiger partial charge in [-0.1, -0.05) is 84.2 Å². The zero-order valence-electron chi connectivity index (χ0n) is 23.9. The number of hydrogen-bond donors (Lipinski definition) is 2. The number of fused-ring (bicyclic) bond motifs is 1. The summed E-state index contributed by atoms with van der Waals surface area (Å²) in [4.78, 5) is 0. The number of benzene rings is 4. The van der Waals surface area contributed by atoms with Crippen molar-refractivity contribution in [2.24, 2.45) is 0 Å². The second kappa shape index (κ2) is 13.5. The topological polar surface area (TPSA) is 42.5 Å². The van der Waals surface area contributed by atoms with E-state index in [2.05, 4.69) is 71.3 Å². The van der Waals surface area contributed by atoms with Crippen LogP contribution in [-0.2, 0) is 25.0 Å². The molecule has 2 aliphatic rings. The molecule has 0 aromatic heterocycles. The maximum Gasteiger partial charge on any atom is 0.120 e. The van der Waals surface area contributed by atoms with Gasteiger partial charge >= 0.3 is 0 Å². The second-order valence-electron chi connectivity index (χ2n) is 11.4. The van der Waals surface area contributed by atoms with Crippen LogP contribution in [0.15, 0.2) is 91.0 Å². The minimum Gasteiger partial charge on any atom is -0.494 e. The van der Waals surface area contributed by atoms with Crippen LogP contribution in [0.4, 0.5) is 0 Å². The summed E-state index contributed by atoms with van der Waals surface area (Å²) in [7, 11) is 0. The number of nitrogens with one attached hydrogen (secondary N) is 2. The van der Waals surface area contributed by atoms with Crippen molar-refractivity contribution in [3.8, 4) is 11.5 Å². The lowest BCUT2D eigenvalue weighted by atomic mass is 9.73. The number of rotatable bonds is 10. The third-order valence-electron chi connectivity index (χ3n) is 8.54. The van der Waals surface area contributed by atoms with E-state index in [0.717, 1.165) is 61.6 Å². The minimum atomic E-state index is -0.512. The largest absolute Gasteiger partial charge is 0.494 e. The van der Waals surface area contributed by atoms with Crippen LogP contribution in [0.1, 0.15) is 53.5 Å². The van der Waals surface area contributed by atoms with Gasteiger partial charge in [0, 0.05) is 22.6 Å². The molecule has 6 rings (SSSR count). The lowest BCUT2D eigenvalue weighted by Gasteiger charge is -2.42. The van der Waals surface area contributed by atoms with Crippen molar-refractivity contribution in [3.63, 3.8) is 0 Å². The van der Waals surface area contributed by atoms with Crippen molar-refractivity contribution in [2.75, 3.05) is 19.7 Å². The predicted octanol–water partition coefficient (Wildman–Crippen LogP) is 8.12. The number of ether oxygens (including phenoxy) is 2. The second-order valence-corrected chi connectivity index (χ2v) is 12.2. The molecule has 2 aliphatic heterocycles. The molecule has 0 saturated carbocycles. The van der Waals surface area contributed by atoms with E-state index in [9.17, 15) is 0 Å². The van der Waals surface area contributed by atoms with Crippen LogP contribution in [0, 0.1) is 0 Å². The van der Waals surface area contributed by atoms with Crippen LogP contribution in [0.2, 0.25) is 10.0 Å². The maximum atomic E-state index is 6.91. The van der Waals surface area contributed by atoms with Crippen molar-refractivity contribution in [3.05, 3.63) is 129 Å². The average Bonchev–Trinajstić information content (AvgIpc) is 3.02. The fourth-order valence-electron chi connectivity index (χ4n) is 6.36. The molecule has 2 N–H and O–H groups in total. The quantitative estimate of drug-likeness (QED) is 0.193. The van der Waals surface area contributed by atoms with E-state index in [1.54, 1.807) is 0 Å². The Bertz CT molecular complexity index is 1470. The molecular formula is C36H38Cl2N2O2. The van der Waals surface area contributed by atoms with Gasteiger partial charge in [-0.3, -0.25) is 0 Å². The van der Waals surface area contributed by atoms with Gasteiger partial charge < -0.3 is 20.1 Å². The van der Waals surface area contributed by atoms with Gasteiger partial charge in [-0.2, -0.15) is 0 Å². The smallest absolute Gasteiger partial charge is 0.120 e. The lowest BCUT2D eigenvalue weighted by Crippen LogP contribution is -2.50. The molecule has 1 fully saturated rings. The van der Waals surface area contributed by atoms with Crippen molar-refractivity contribution in [2.45, 2.75) is 56.7 Å². The first-order chi connectivity index (χ1) is 20.6. The summed E-state index contributed by atoms with van der Waals surface area (Å²) in [5, 5.41) is 8.75. The van der Waals surface area contributed by atoms with Gasteiger partial charge in [0.25, 0.3) is 0 Å². The van der Waals surface area contributed by atoms with E-state index in [-0.39, 0.29) is 0 Å². The molecule has 0 spiro atoms. The van der Waals surface area contributed by atoms with Crippen LogP contribution in [0.5, 0.6) is 11.5 Å². The molecule has 2 atom stereocenters. The molecule has 4 aromatic rings. The highest BCUT2D eigenvalue weighted by molar-refractivity contribution is 6.35. The Morgan fingerprint density at radius 1 is 0.762 bits per heavy atom. The summed E-state index contributed by atoms with van der Waals surface area (Å²) in [5.74, 6) is 1.78. The molecule has 0 bridgehead atoms. The summed E-state index contributed by atoms with van der Waals surface area (Å²) >= 11 is 13.2. The molecule has 0 amide bonds. The SMILES string of the molecule is Clc1ccc(C2(Cc3ccc(OCCC4CCCCN4)cc3)NCCc3cc(OCc4ccccc4)ccc32)c(Cl)c1. The highest BCUT2D eigenvalue weighted by atomic mass is 35.5. The Balaban J connectivity index is 1.24.